The van der Waals surface area contributed by atoms with Crippen LogP contribution in [0.3, 0.4) is 0 Å². The number of carbonyl (C=O) groups is 2. The van der Waals surface area contributed by atoms with Crippen LogP contribution in [-0.4, -0.2) is 58.1 Å². The van der Waals surface area contributed by atoms with Crippen LogP contribution in [-0.2, 0) is 35.3 Å². The van der Waals surface area contributed by atoms with Crippen molar-refractivity contribution >= 4 is 17.5 Å². The first-order chi connectivity index (χ1) is 18.5. The standard InChI is InChI=1S/C29H33F4N3O3/c30-24-14-22(24)27(38)35-13-10-21-19(16-35)7-5-9-25(21)34-15-26(37)36(18-28(39)11-3-4-12-28)17-20-6-1-2-8-23(20)29(31,32)33/h1-2,5-9,22,24,34,39H,3-4,10-18H2/t22-,24+/m1/s1. The number of benzene rings is 2. The molecule has 1 heterocycles. The van der Waals surface area contributed by atoms with Gasteiger partial charge in [0.25, 0.3) is 0 Å². The molecule has 0 aromatic heterocycles. The van der Waals surface area contributed by atoms with E-state index in [4.69, 9.17) is 0 Å². The number of hydrogen-bond donors (Lipinski definition) is 2. The molecule has 10 heteroatoms. The first-order valence-electron chi connectivity index (χ1n) is 13.5. The molecule has 5 rings (SSSR count). The van der Waals surface area contributed by atoms with Gasteiger partial charge in [-0.05, 0) is 54.5 Å². The van der Waals surface area contributed by atoms with Crippen LogP contribution in [0.1, 0.15) is 54.4 Å². The van der Waals surface area contributed by atoms with Gasteiger partial charge in [-0.15, -0.1) is 0 Å². The first-order valence-corrected chi connectivity index (χ1v) is 13.5. The van der Waals surface area contributed by atoms with E-state index in [1.807, 2.05) is 18.2 Å². The van der Waals surface area contributed by atoms with Crippen LogP contribution in [0.15, 0.2) is 42.5 Å². The lowest BCUT2D eigenvalue weighted by Crippen LogP contribution is -2.46. The lowest BCUT2D eigenvalue weighted by Gasteiger charge is -2.33. The van der Waals surface area contributed by atoms with E-state index in [-0.39, 0.29) is 37.5 Å². The predicted octanol–water partition coefficient (Wildman–Crippen LogP) is 4.69. The van der Waals surface area contributed by atoms with E-state index in [2.05, 4.69) is 5.32 Å². The van der Waals surface area contributed by atoms with Gasteiger partial charge in [-0.2, -0.15) is 13.2 Å². The van der Waals surface area contributed by atoms with Crippen LogP contribution in [0.25, 0.3) is 0 Å². The minimum absolute atomic E-state index is 0.0204. The molecule has 0 unspecified atom stereocenters. The summed E-state index contributed by atoms with van der Waals surface area (Å²) < 4.78 is 54.3. The largest absolute Gasteiger partial charge is 0.416 e. The number of halogens is 4. The fourth-order valence-corrected chi connectivity index (χ4v) is 5.82. The molecule has 6 nitrogen and oxygen atoms in total. The smallest absolute Gasteiger partial charge is 0.388 e. The van der Waals surface area contributed by atoms with Crippen LogP contribution >= 0.6 is 0 Å². The molecule has 2 aliphatic carbocycles. The number of hydrogen-bond acceptors (Lipinski definition) is 4. The molecule has 2 aromatic rings. The Kier molecular flexibility index (Phi) is 7.59. The highest BCUT2D eigenvalue weighted by atomic mass is 19.4. The van der Waals surface area contributed by atoms with Crippen LogP contribution in [0, 0.1) is 5.92 Å². The highest BCUT2D eigenvalue weighted by Crippen LogP contribution is 2.37. The fraction of sp³-hybridized carbons (Fsp3) is 0.517. The Labute approximate surface area is 225 Å². The maximum absolute atomic E-state index is 13.6. The SMILES string of the molecule is O=C(CNc1cccc2c1CCN(C(=O)[C@@H]1C[C@@H]1F)C2)N(Cc1ccccc1C(F)(F)F)CC1(O)CCCC1. The number of alkyl halides is 4. The van der Waals surface area contributed by atoms with Crippen LogP contribution < -0.4 is 5.32 Å². The molecule has 2 saturated carbocycles. The fourth-order valence-electron chi connectivity index (χ4n) is 5.82. The summed E-state index contributed by atoms with van der Waals surface area (Å²) in [6, 6.07) is 10.7. The van der Waals surface area contributed by atoms with E-state index in [9.17, 15) is 32.3 Å². The summed E-state index contributed by atoms with van der Waals surface area (Å²) >= 11 is 0. The second kappa shape index (κ2) is 10.8. The number of aliphatic hydroxyl groups is 1. The molecule has 0 radical (unpaired) electrons. The van der Waals surface area contributed by atoms with E-state index in [0.29, 0.717) is 32.4 Å². The quantitative estimate of drug-likeness (QED) is 0.471. The third-order valence-corrected chi connectivity index (χ3v) is 8.09. The van der Waals surface area contributed by atoms with Gasteiger partial charge in [0.05, 0.1) is 23.6 Å². The van der Waals surface area contributed by atoms with Gasteiger partial charge < -0.3 is 20.2 Å². The molecule has 0 spiro atoms. The number of nitrogens with one attached hydrogen (secondary N) is 1. The monoisotopic (exact) mass is 547 g/mol. The molecular weight excluding hydrogens is 514 g/mol. The number of carbonyl (C=O) groups excluding carboxylic acids is 2. The molecule has 2 N–H and O–H groups in total. The highest BCUT2D eigenvalue weighted by molar-refractivity contribution is 5.83. The zero-order chi connectivity index (χ0) is 27.8. The van der Waals surface area contributed by atoms with Crippen LogP contribution in [0.2, 0.25) is 0 Å². The van der Waals surface area contributed by atoms with E-state index in [0.717, 1.165) is 35.7 Å². The number of anilines is 1. The van der Waals surface area contributed by atoms with Crippen molar-refractivity contribution in [1.82, 2.24) is 9.80 Å². The zero-order valence-corrected chi connectivity index (χ0v) is 21.6. The van der Waals surface area contributed by atoms with Crippen molar-refractivity contribution in [2.75, 3.05) is 25.0 Å². The Bertz CT molecular complexity index is 1230. The van der Waals surface area contributed by atoms with E-state index < -0.39 is 35.3 Å². The summed E-state index contributed by atoms with van der Waals surface area (Å²) in [5.41, 5.74) is 0.663. The third kappa shape index (κ3) is 6.21. The normalized spacial score (nSPS) is 21.8. The molecule has 2 fully saturated rings. The third-order valence-electron chi connectivity index (χ3n) is 8.09. The van der Waals surface area contributed by atoms with Gasteiger partial charge >= 0.3 is 6.18 Å². The summed E-state index contributed by atoms with van der Waals surface area (Å²) in [7, 11) is 0. The Hall–Kier alpha value is -3.14. The highest BCUT2D eigenvalue weighted by Gasteiger charge is 2.46. The molecule has 2 amide bonds. The van der Waals surface area contributed by atoms with Crippen molar-refractivity contribution in [2.24, 2.45) is 5.92 Å². The van der Waals surface area contributed by atoms with Crippen LogP contribution in [0.5, 0.6) is 0 Å². The Morgan fingerprint density at radius 2 is 1.82 bits per heavy atom. The van der Waals surface area contributed by atoms with Gasteiger partial charge in [0, 0.05) is 31.9 Å². The molecule has 39 heavy (non-hydrogen) atoms. The van der Waals surface area contributed by atoms with E-state index in [1.54, 1.807) is 4.90 Å². The number of amides is 2. The molecular formula is C29H33F4N3O3. The van der Waals surface area contributed by atoms with Gasteiger partial charge in [0.15, 0.2) is 0 Å². The van der Waals surface area contributed by atoms with Gasteiger partial charge in [-0.1, -0.05) is 43.2 Å². The summed E-state index contributed by atoms with van der Waals surface area (Å²) in [5.74, 6) is -1.12. The maximum atomic E-state index is 13.6. The molecule has 2 aromatic carbocycles. The summed E-state index contributed by atoms with van der Waals surface area (Å²) in [6.07, 6.45) is -2.18. The molecule has 1 aliphatic heterocycles. The van der Waals surface area contributed by atoms with Gasteiger partial charge in [-0.25, -0.2) is 4.39 Å². The maximum Gasteiger partial charge on any atom is 0.416 e. The molecule has 2 atom stereocenters. The Morgan fingerprint density at radius 1 is 1.10 bits per heavy atom. The van der Waals surface area contributed by atoms with Crippen molar-refractivity contribution in [3.63, 3.8) is 0 Å². The molecule has 0 bridgehead atoms. The van der Waals surface area contributed by atoms with Gasteiger partial charge in [0.2, 0.25) is 11.8 Å². The van der Waals surface area contributed by atoms with E-state index in [1.165, 1.54) is 23.1 Å². The summed E-state index contributed by atoms with van der Waals surface area (Å²) in [6.45, 7) is 0.359. The van der Waals surface area contributed by atoms with Crippen molar-refractivity contribution in [3.05, 3.63) is 64.7 Å². The second-order valence-corrected chi connectivity index (χ2v) is 11.0. The number of nitrogens with zero attached hydrogens (tertiary/aromatic N) is 2. The predicted molar refractivity (Wildman–Crippen MR) is 137 cm³/mol. The number of rotatable bonds is 8. The lowest BCUT2D eigenvalue weighted by atomic mass is 9.97. The van der Waals surface area contributed by atoms with Crippen molar-refractivity contribution in [2.45, 2.75) is 69.6 Å². The van der Waals surface area contributed by atoms with E-state index >= 15 is 0 Å². The van der Waals surface area contributed by atoms with Crippen molar-refractivity contribution in [3.8, 4) is 0 Å². The Morgan fingerprint density at radius 3 is 2.51 bits per heavy atom. The molecule has 210 valence electrons. The number of fused-ring (bicyclic) bond motifs is 1. The van der Waals surface area contributed by atoms with Crippen molar-refractivity contribution in [1.29, 1.82) is 0 Å². The lowest BCUT2D eigenvalue weighted by molar-refractivity contribution is -0.140. The average molecular weight is 548 g/mol. The average Bonchev–Trinajstić information content (AvgIpc) is 3.49. The van der Waals surface area contributed by atoms with Crippen molar-refractivity contribution < 1.29 is 32.3 Å². The summed E-state index contributed by atoms with van der Waals surface area (Å²) in [5, 5.41) is 14.1. The zero-order valence-electron chi connectivity index (χ0n) is 21.6. The van der Waals surface area contributed by atoms with Gasteiger partial charge in [0.1, 0.15) is 6.17 Å². The minimum atomic E-state index is -4.56. The second-order valence-electron chi connectivity index (χ2n) is 11.0. The van der Waals surface area contributed by atoms with Crippen LogP contribution in [0.4, 0.5) is 23.2 Å². The first kappa shape index (κ1) is 27.4. The Balaban J connectivity index is 1.30. The minimum Gasteiger partial charge on any atom is -0.388 e. The summed E-state index contributed by atoms with van der Waals surface area (Å²) in [4.78, 5) is 28.9. The molecule has 0 saturated heterocycles. The van der Waals surface area contributed by atoms with Gasteiger partial charge in [-0.3, -0.25) is 9.59 Å². The molecule has 3 aliphatic rings. The topological polar surface area (TPSA) is 72.9 Å².